The summed E-state index contributed by atoms with van der Waals surface area (Å²) in [5.41, 5.74) is 3.52. The first-order chi connectivity index (χ1) is 14.1. The summed E-state index contributed by atoms with van der Waals surface area (Å²) in [6.45, 7) is 3.87. The van der Waals surface area contributed by atoms with E-state index in [2.05, 4.69) is 34.5 Å². The van der Waals surface area contributed by atoms with E-state index in [9.17, 15) is 9.59 Å². The van der Waals surface area contributed by atoms with Gasteiger partial charge >= 0.3 is 0 Å². The van der Waals surface area contributed by atoms with Crippen molar-refractivity contribution < 1.29 is 14.3 Å². The highest BCUT2D eigenvalue weighted by atomic mass is 16.5. The molecule has 6 nitrogen and oxygen atoms in total. The van der Waals surface area contributed by atoms with Gasteiger partial charge in [-0.3, -0.25) is 9.59 Å². The maximum absolute atomic E-state index is 12.8. The first-order valence-corrected chi connectivity index (χ1v) is 10.2. The number of nitrogens with zero attached hydrogens (tertiary/aromatic N) is 2. The summed E-state index contributed by atoms with van der Waals surface area (Å²) in [6, 6.07) is 15.5. The number of amides is 2. The van der Waals surface area contributed by atoms with Crippen molar-refractivity contribution >= 4 is 23.2 Å². The molecule has 0 atom stereocenters. The molecule has 1 aliphatic carbocycles. The molecule has 1 saturated heterocycles. The molecule has 4 rings (SSSR count). The second-order valence-corrected chi connectivity index (χ2v) is 7.77. The Morgan fingerprint density at radius 3 is 2.52 bits per heavy atom. The van der Waals surface area contributed by atoms with Crippen molar-refractivity contribution in [2.24, 2.45) is 5.92 Å². The van der Waals surface area contributed by atoms with Crippen LogP contribution in [0.2, 0.25) is 0 Å². The molecule has 6 heteroatoms. The molecule has 2 fully saturated rings. The zero-order chi connectivity index (χ0) is 20.2. The van der Waals surface area contributed by atoms with E-state index >= 15 is 0 Å². The van der Waals surface area contributed by atoms with Crippen molar-refractivity contribution in [3.8, 4) is 0 Å². The van der Waals surface area contributed by atoms with E-state index < -0.39 is 0 Å². The first-order valence-electron chi connectivity index (χ1n) is 10.2. The summed E-state index contributed by atoms with van der Waals surface area (Å²) >= 11 is 0. The predicted molar refractivity (Wildman–Crippen MR) is 113 cm³/mol. The highest BCUT2D eigenvalue weighted by Gasteiger charge is 2.29. The molecule has 0 bridgehead atoms. The number of carbonyl (C=O) groups excluding carboxylic acids is 2. The van der Waals surface area contributed by atoms with E-state index in [1.165, 1.54) is 5.69 Å². The molecule has 2 aromatic rings. The van der Waals surface area contributed by atoms with Crippen LogP contribution >= 0.6 is 0 Å². The lowest BCUT2D eigenvalue weighted by atomic mass is 10.1. The third-order valence-electron chi connectivity index (χ3n) is 5.40. The van der Waals surface area contributed by atoms with Crippen molar-refractivity contribution in [2.75, 3.05) is 43.6 Å². The minimum absolute atomic E-state index is 0.0447. The Kier molecular flexibility index (Phi) is 5.81. The average Bonchev–Trinajstić information content (AvgIpc) is 3.60. The first kappa shape index (κ1) is 19.5. The number of rotatable bonds is 6. The predicted octanol–water partition coefficient (Wildman–Crippen LogP) is 3.14. The molecule has 2 aromatic carbocycles. The molecular formula is C23H27N3O3. The summed E-state index contributed by atoms with van der Waals surface area (Å²) in [5, 5.41) is 2.90. The SMILES string of the molecule is CN(Cc1ccc(N2CCOCC2)cc1)C(=O)c1cccc(NC(=O)C2CC2)c1. The molecule has 1 N–H and O–H groups in total. The summed E-state index contributed by atoms with van der Waals surface area (Å²) in [6.07, 6.45) is 1.91. The fourth-order valence-electron chi connectivity index (χ4n) is 3.52. The Morgan fingerprint density at radius 1 is 1.10 bits per heavy atom. The van der Waals surface area contributed by atoms with Gasteiger partial charge in [-0.2, -0.15) is 0 Å². The van der Waals surface area contributed by atoms with Crippen molar-refractivity contribution in [3.63, 3.8) is 0 Å². The summed E-state index contributed by atoms with van der Waals surface area (Å²) in [7, 11) is 1.80. The lowest BCUT2D eigenvalue weighted by molar-refractivity contribution is -0.117. The molecule has 0 aromatic heterocycles. The fourth-order valence-corrected chi connectivity index (χ4v) is 3.52. The number of anilines is 2. The average molecular weight is 393 g/mol. The van der Waals surface area contributed by atoms with Gasteiger partial charge in [-0.25, -0.2) is 0 Å². The lowest BCUT2D eigenvalue weighted by Crippen LogP contribution is -2.36. The maximum atomic E-state index is 12.8. The summed E-state index contributed by atoms with van der Waals surface area (Å²) < 4.78 is 5.40. The highest BCUT2D eigenvalue weighted by Crippen LogP contribution is 2.30. The number of hydrogen-bond donors (Lipinski definition) is 1. The van der Waals surface area contributed by atoms with Gasteiger partial charge in [-0.05, 0) is 48.7 Å². The Hall–Kier alpha value is -2.86. The third kappa shape index (κ3) is 4.95. The number of morpholine rings is 1. The van der Waals surface area contributed by atoms with Gasteiger partial charge in [0.15, 0.2) is 0 Å². The van der Waals surface area contributed by atoms with Crippen LogP contribution in [0.1, 0.15) is 28.8 Å². The van der Waals surface area contributed by atoms with Gasteiger partial charge in [-0.1, -0.05) is 18.2 Å². The number of carbonyl (C=O) groups is 2. The molecule has 1 heterocycles. The van der Waals surface area contributed by atoms with Gasteiger partial charge in [0.25, 0.3) is 5.91 Å². The van der Waals surface area contributed by atoms with Crippen molar-refractivity contribution in [1.82, 2.24) is 4.90 Å². The Morgan fingerprint density at radius 2 is 1.83 bits per heavy atom. The van der Waals surface area contributed by atoms with Crippen LogP contribution in [0, 0.1) is 5.92 Å². The van der Waals surface area contributed by atoms with Crippen LogP contribution in [0.3, 0.4) is 0 Å². The topological polar surface area (TPSA) is 61.9 Å². The van der Waals surface area contributed by atoms with Gasteiger partial charge in [0.1, 0.15) is 0 Å². The van der Waals surface area contributed by atoms with E-state index in [1.807, 2.05) is 6.07 Å². The maximum Gasteiger partial charge on any atom is 0.253 e. The van der Waals surface area contributed by atoms with Gasteiger partial charge in [0.2, 0.25) is 5.91 Å². The normalized spacial score (nSPS) is 16.4. The van der Waals surface area contributed by atoms with E-state index in [0.717, 1.165) is 44.7 Å². The van der Waals surface area contributed by atoms with Crippen molar-refractivity contribution in [2.45, 2.75) is 19.4 Å². The van der Waals surface area contributed by atoms with E-state index in [4.69, 9.17) is 4.74 Å². The monoisotopic (exact) mass is 393 g/mol. The van der Waals surface area contributed by atoms with E-state index in [1.54, 1.807) is 30.1 Å². The Bertz CT molecular complexity index is 871. The minimum Gasteiger partial charge on any atom is -0.378 e. The molecule has 152 valence electrons. The summed E-state index contributed by atoms with van der Waals surface area (Å²) in [4.78, 5) is 28.8. The molecule has 2 aliphatic rings. The molecule has 0 radical (unpaired) electrons. The molecule has 1 saturated carbocycles. The fraction of sp³-hybridized carbons (Fsp3) is 0.391. The van der Waals surface area contributed by atoms with Crippen molar-refractivity contribution in [3.05, 3.63) is 59.7 Å². The molecule has 0 spiro atoms. The second-order valence-electron chi connectivity index (χ2n) is 7.77. The largest absolute Gasteiger partial charge is 0.378 e. The minimum atomic E-state index is -0.0650. The zero-order valence-corrected chi connectivity index (χ0v) is 16.8. The Balaban J connectivity index is 1.37. The quantitative estimate of drug-likeness (QED) is 0.819. The Labute approximate surface area is 171 Å². The molecule has 29 heavy (non-hydrogen) atoms. The number of nitrogens with one attached hydrogen (secondary N) is 1. The number of ether oxygens (including phenoxy) is 1. The van der Waals surface area contributed by atoms with Gasteiger partial charge < -0.3 is 19.9 Å². The third-order valence-corrected chi connectivity index (χ3v) is 5.40. The van der Waals surface area contributed by atoms with Crippen LogP contribution in [0.4, 0.5) is 11.4 Å². The van der Waals surface area contributed by atoms with Gasteiger partial charge in [-0.15, -0.1) is 0 Å². The standard InChI is InChI=1S/C23H27N3O3/c1-25(16-17-5-9-21(10-6-17)26-11-13-29-14-12-26)23(28)19-3-2-4-20(15-19)24-22(27)18-7-8-18/h2-6,9-10,15,18H,7-8,11-14,16H2,1H3,(H,24,27). The molecule has 0 unspecified atom stereocenters. The van der Waals surface area contributed by atoms with Crippen LogP contribution < -0.4 is 10.2 Å². The molecular weight excluding hydrogens is 366 g/mol. The number of hydrogen-bond acceptors (Lipinski definition) is 4. The van der Waals surface area contributed by atoms with Gasteiger partial charge in [0, 0.05) is 49.5 Å². The highest BCUT2D eigenvalue weighted by molar-refractivity contribution is 5.98. The van der Waals surface area contributed by atoms with E-state index in [-0.39, 0.29) is 17.7 Å². The zero-order valence-electron chi connectivity index (χ0n) is 16.8. The van der Waals surface area contributed by atoms with Crippen LogP contribution in [0.5, 0.6) is 0 Å². The summed E-state index contributed by atoms with van der Waals surface area (Å²) in [5.74, 6) is 0.116. The molecule has 1 aliphatic heterocycles. The lowest BCUT2D eigenvalue weighted by Gasteiger charge is -2.29. The second kappa shape index (κ2) is 8.66. The van der Waals surface area contributed by atoms with Crippen LogP contribution in [-0.2, 0) is 16.1 Å². The van der Waals surface area contributed by atoms with Crippen LogP contribution in [-0.4, -0.2) is 50.1 Å². The van der Waals surface area contributed by atoms with Crippen molar-refractivity contribution in [1.29, 1.82) is 0 Å². The van der Waals surface area contributed by atoms with Crippen LogP contribution in [0.25, 0.3) is 0 Å². The van der Waals surface area contributed by atoms with Crippen LogP contribution in [0.15, 0.2) is 48.5 Å². The number of benzene rings is 2. The smallest absolute Gasteiger partial charge is 0.253 e. The van der Waals surface area contributed by atoms with E-state index in [0.29, 0.717) is 17.8 Å². The molecule has 2 amide bonds. The van der Waals surface area contributed by atoms with Gasteiger partial charge in [0.05, 0.1) is 13.2 Å².